The second kappa shape index (κ2) is 7.69. The van der Waals surface area contributed by atoms with Crippen molar-refractivity contribution in [3.63, 3.8) is 0 Å². The number of unbranched alkanes of at least 4 members (excludes halogenated alkanes) is 1. The molecule has 1 aromatic carbocycles. The number of aliphatic hydroxyl groups is 1. The highest BCUT2D eigenvalue weighted by Gasteiger charge is 2.15. The van der Waals surface area contributed by atoms with Crippen molar-refractivity contribution >= 4 is 12.4 Å². The van der Waals surface area contributed by atoms with Gasteiger partial charge >= 0.3 is 0 Å². The highest BCUT2D eigenvalue weighted by molar-refractivity contribution is 5.85. The standard InChI is InChI=1S/C12H19NO.ClH/c1-2-3-9-11(13)12(14)10-7-5-4-6-8-10;/h4-8,11-12,14H,2-3,9,13H2,1H3;1H. The van der Waals surface area contributed by atoms with Crippen LogP contribution in [0.5, 0.6) is 0 Å². The molecule has 0 aliphatic rings. The van der Waals surface area contributed by atoms with Crippen molar-refractivity contribution in [1.29, 1.82) is 0 Å². The van der Waals surface area contributed by atoms with Gasteiger partial charge in [-0.2, -0.15) is 0 Å². The molecule has 0 fully saturated rings. The smallest absolute Gasteiger partial charge is 0.0940 e. The molecule has 0 aromatic heterocycles. The Morgan fingerprint density at radius 1 is 1.27 bits per heavy atom. The zero-order chi connectivity index (χ0) is 10.4. The molecule has 0 amide bonds. The van der Waals surface area contributed by atoms with Crippen LogP contribution in [0.3, 0.4) is 0 Å². The molecule has 0 aliphatic carbocycles. The van der Waals surface area contributed by atoms with Crippen molar-refractivity contribution in [2.45, 2.75) is 38.3 Å². The number of hydrogen-bond donors (Lipinski definition) is 2. The van der Waals surface area contributed by atoms with Crippen molar-refractivity contribution in [3.05, 3.63) is 35.9 Å². The third-order valence-electron chi connectivity index (χ3n) is 2.44. The summed E-state index contributed by atoms with van der Waals surface area (Å²) in [4.78, 5) is 0. The van der Waals surface area contributed by atoms with Crippen molar-refractivity contribution in [2.24, 2.45) is 5.73 Å². The molecule has 0 spiro atoms. The van der Waals surface area contributed by atoms with E-state index < -0.39 is 6.10 Å². The minimum absolute atomic E-state index is 0. The second-order valence-electron chi connectivity index (χ2n) is 3.66. The summed E-state index contributed by atoms with van der Waals surface area (Å²) in [7, 11) is 0. The van der Waals surface area contributed by atoms with Crippen LogP contribution in [-0.2, 0) is 0 Å². The first kappa shape index (κ1) is 14.4. The van der Waals surface area contributed by atoms with Gasteiger partial charge in [0.1, 0.15) is 0 Å². The Balaban J connectivity index is 0.00000196. The van der Waals surface area contributed by atoms with Crippen LogP contribution in [-0.4, -0.2) is 11.1 Å². The van der Waals surface area contributed by atoms with Crippen LogP contribution in [0.1, 0.15) is 37.9 Å². The first-order valence-corrected chi connectivity index (χ1v) is 5.24. The number of aliphatic hydroxyl groups excluding tert-OH is 1. The molecule has 0 radical (unpaired) electrons. The number of rotatable bonds is 5. The Hall–Kier alpha value is -0.570. The lowest BCUT2D eigenvalue weighted by Crippen LogP contribution is -2.28. The summed E-state index contributed by atoms with van der Waals surface area (Å²) < 4.78 is 0. The molecule has 0 saturated carbocycles. The zero-order valence-electron chi connectivity index (χ0n) is 9.10. The molecule has 0 bridgehead atoms. The van der Waals surface area contributed by atoms with E-state index in [2.05, 4.69) is 6.92 Å². The van der Waals surface area contributed by atoms with Gasteiger partial charge < -0.3 is 10.8 Å². The Morgan fingerprint density at radius 2 is 1.87 bits per heavy atom. The fraction of sp³-hybridized carbons (Fsp3) is 0.500. The molecule has 1 rings (SSSR count). The molecule has 86 valence electrons. The predicted molar refractivity (Wildman–Crippen MR) is 66.2 cm³/mol. The van der Waals surface area contributed by atoms with Crippen LogP contribution in [0.2, 0.25) is 0 Å². The minimum Gasteiger partial charge on any atom is -0.387 e. The van der Waals surface area contributed by atoms with E-state index in [1.165, 1.54) is 0 Å². The van der Waals surface area contributed by atoms with Crippen molar-refractivity contribution in [1.82, 2.24) is 0 Å². The van der Waals surface area contributed by atoms with Gasteiger partial charge in [-0.3, -0.25) is 0 Å². The average Bonchev–Trinajstić information content (AvgIpc) is 2.26. The van der Waals surface area contributed by atoms with Crippen LogP contribution in [0, 0.1) is 0 Å². The van der Waals surface area contributed by atoms with E-state index in [4.69, 9.17) is 5.73 Å². The van der Waals surface area contributed by atoms with Gasteiger partial charge in [0.25, 0.3) is 0 Å². The topological polar surface area (TPSA) is 46.2 Å². The van der Waals surface area contributed by atoms with Crippen molar-refractivity contribution < 1.29 is 5.11 Å². The molecule has 2 unspecified atom stereocenters. The average molecular weight is 230 g/mol. The maximum Gasteiger partial charge on any atom is 0.0940 e. The summed E-state index contributed by atoms with van der Waals surface area (Å²) in [6.45, 7) is 2.13. The van der Waals surface area contributed by atoms with Gasteiger partial charge in [-0.25, -0.2) is 0 Å². The SMILES string of the molecule is CCCCC(N)C(O)c1ccccc1.Cl. The van der Waals surface area contributed by atoms with Gasteiger partial charge in [-0.15, -0.1) is 12.4 Å². The summed E-state index contributed by atoms with van der Waals surface area (Å²) in [5, 5.41) is 9.89. The lowest BCUT2D eigenvalue weighted by Gasteiger charge is -2.18. The Labute approximate surface area is 97.9 Å². The molecule has 0 aliphatic heterocycles. The molecular weight excluding hydrogens is 210 g/mol. The largest absolute Gasteiger partial charge is 0.387 e. The maximum atomic E-state index is 9.89. The van der Waals surface area contributed by atoms with E-state index in [1.54, 1.807) is 0 Å². The third-order valence-corrected chi connectivity index (χ3v) is 2.44. The van der Waals surface area contributed by atoms with Gasteiger partial charge in [-0.1, -0.05) is 50.1 Å². The summed E-state index contributed by atoms with van der Waals surface area (Å²) in [6, 6.07) is 9.47. The summed E-state index contributed by atoms with van der Waals surface area (Å²) in [6.07, 6.45) is 2.55. The summed E-state index contributed by atoms with van der Waals surface area (Å²) in [5.41, 5.74) is 6.80. The highest BCUT2D eigenvalue weighted by Crippen LogP contribution is 2.18. The second-order valence-corrected chi connectivity index (χ2v) is 3.66. The van der Waals surface area contributed by atoms with Crippen LogP contribution in [0.4, 0.5) is 0 Å². The maximum absolute atomic E-state index is 9.89. The quantitative estimate of drug-likeness (QED) is 0.816. The van der Waals surface area contributed by atoms with E-state index in [0.29, 0.717) is 0 Å². The van der Waals surface area contributed by atoms with Crippen LogP contribution in [0.15, 0.2) is 30.3 Å². The molecule has 2 atom stereocenters. The van der Waals surface area contributed by atoms with Crippen LogP contribution >= 0.6 is 12.4 Å². The van der Waals surface area contributed by atoms with E-state index in [1.807, 2.05) is 30.3 Å². The first-order chi connectivity index (χ1) is 6.75. The molecule has 0 heterocycles. The lowest BCUT2D eigenvalue weighted by molar-refractivity contribution is 0.141. The Morgan fingerprint density at radius 3 is 2.40 bits per heavy atom. The molecule has 1 aromatic rings. The minimum atomic E-state index is -0.525. The van der Waals surface area contributed by atoms with Crippen molar-refractivity contribution in [2.75, 3.05) is 0 Å². The number of halogens is 1. The molecule has 3 heteroatoms. The monoisotopic (exact) mass is 229 g/mol. The molecule has 2 nitrogen and oxygen atoms in total. The van der Waals surface area contributed by atoms with Crippen LogP contribution < -0.4 is 5.73 Å². The predicted octanol–water partition coefficient (Wildman–Crippen LogP) is 2.66. The Bertz CT molecular complexity index is 253. The fourth-order valence-corrected chi connectivity index (χ4v) is 1.50. The van der Waals surface area contributed by atoms with Gasteiger partial charge in [0.2, 0.25) is 0 Å². The fourth-order valence-electron chi connectivity index (χ4n) is 1.50. The zero-order valence-corrected chi connectivity index (χ0v) is 9.91. The number of nitrogens with two attached hydrogens (primary N) is 1. The highest BCUT2D eigenvalue weighted by atomic mass is 35.5. The normalized spacial score (nSPS) is 14.1. The lowest BCUT2D eigenvalue weighted by atomic mass is 9.99. The first-order valence-electron chi connectivity index (χ1n) is 5.24. The van der Waals surface area contributed by atoms with Gasteiger partial charge in [0.05, 0.1) is 6.10 Å². The molecule has 3 N–H and O–H groups in total. The van der Waals surface area contributed by atoms with E-state index in [0.717, 1.165) is 24.8 Å². The van der Waals surface area contributed by atoms with Crippen molar-refractivity contribution in [3.8, 4) is 0 Å². The van der Waals surface area contributed by atoms with Gasteiger partial charge in [0.15, 0.2) is 0 Å². The van der Waals surface area contributed by atoms with E-state index in [-0.39, 0.29) is 18.4 Å². The third kappa shape index (κ3) is 4.65. The summed E-state index contributed by atoms with van der Waals surface area (Å²) >= 11 is 0. The van der Waals surface area contributed by atoms with E-state index in [9.17, 15) is 5.11 Å². The molecular formula is C12H20ClNO. The van der Waals surface area contributed by atoms with Gasteiger partial charge in [0, 0.05) is 6.04 Å². The van der Waals surface area contributed by atoms with Crippen LogP contribution in [0.25, 0.3) is 0 Å². The Kier molecular flexibility index (Phi) is 7.39. The molecule has 15 heavy (non-hydrogen) atoms. The number of hydrogen-bond acceptors (Lipinski definition) is 2. The van der Waals surface area contributed by atoms with E-state index >= 15 is 0 Å². The summed E-state index contributed by atoms with van der Waals surface area (Å²) in [5.74, 6) is 0. The number of benzene rings is 1. The molecule has 0 saturated heterocycles. The van der Waals surface area contributed by atoms with Gasteiger partial charge in [-0.05, 0) is 12.0 Å².